The van der Waals surface area contributed by atoms with Gasteiger partial charge in [-0.1, -0.05) is 0 Å². The van der Waals surface area contributed by atoms with E-state index in [-0.39, 0.29) is 6.54 Å². The Hall–Kier alpha value is -1.76. The lowest BCUT2D eigenvalue weighted by Crippen LogP contribution is -2.22. The van der Waals surface area contributed by atoms with E-state index in [0.29, 0.717) is 0 Å². The number of benzene rings is 1. The van der Waals surface area contributed by atoms with Crippen LogP contribution in [-0.4, -0.2) is 29.6 Å². The molecule has 7 heteroatoms. The highest BCUT2D eigenvalue weighted by atomic mass is 19.4. The van der Waals surface area contributed by atoms with Crippen molar-refractivity contribution >= 4 is 5.78 Å². The smallest absolute Gasteiger partial charge is 0.420 e. The second kappa shape index (κ2) is 4.62. The number of rotatable bonds is 3. The third kappa shape index (κ3) is 2.68. The van der Waals surface area contributed by atoms with Crippen LogP contribution in [0.1, 0.15) is 15.9 Å². The third-order valence-electron chi connectivity index (χ3n) is 2.08. The fraction of sp³-hybridized carbons (Fsp3) is 0.300. The van der Waals surface area contributed by atoms with E-state index in [4.69, 9.17) is 5.11 Å². The fourth-order valence-corrected chi connectivity index (χ4v) is 1.36. The van der Waals surface area contributed by atoms with E-state index >= 15 is 0 Å². The lowest BCUT2D eigenvalue weighted by atomic mass is 10.0. The van der Waals surface area contributed by atoms with Crippen LogP contribution in [0.25, 0.3) is 0 Å². The van der Waals surface area contributed by atoms with Crippen molar-refractivity contribution in [2.45, 2.75) is 6.18 Å². The van der Waals surface area contributed by atoms with Crippen LogP contribution in [0.4, 0.5) is 13.2 Å². The molecule has 0 aromatic heterocycles. The molecule has 0 saturated carbocycles. The van der Waals surface area contributed by atoms with Crippen LogP contribution in [0.3, 0.4) is 0 Å². The zero-order valence-electron chi connectivity index (χ0n) is 8.80. The SMILES string of the molecule is CNCC(=O)c1ccc(O)c(O)c1C(F)(F)F. The van der Waals surface area contributed by atoms with Crippen LogP contribution in [0.15, 0.2) is 12.1 Å². The molecule has 1 aromatic carbocycles. The standard InChI is InChI=1S/C10H10F3NO3/c1-14-4-7(16)5-2-3-6(15)9(17)8(5)10(11,12)13/h2-3,14-15,17H,4H2,1H3. The van der Waals surface area contributed by atoms with Gasteiger partial charge in [0, 0.05) is 5.56 Å². The Morgan fingerprint density at radius 2 is 1.94 bits per heavy atom. The minimum atomic E-state index is -4.92. The minimum absolute atomic E-state index is 0.298. The minimum Gasteiger partial charge on any atom is -0.504 e. The van der Waals surface area contributed by atoms with Gasteiger partial charge in [-0.3, -0.25) is 4.79 Å². The zero-order valence-corrected chi connectivity index (χ0v) is 8.80. The summed E-state index contributed by atoms with van der Waals surface area (Å²) in [6.07, 6.45) is -4.92. The third-order valence-corrected chi connectivity index (χ3v) is 2.08. The number of carbonyl (C=O) groups excluding carboxylic acids is 1. The Morgan fingerprint density at radius 1 is 1.35 bits per heavy atom. The van der Waals surface area contributed by atoms with E-state index in [1.807, 2.05) is 0 Å². The van der Waals surface area contributed by atoms with Gasteiger partial charge >= 0.3 is 6.18 Å². The number of hydrogen-bond donors (Lipinski definition) is 3. The van der Waals surface area contributed by atoms with Gasteiger partial charge in [0.25, 0.3) is 0 Å². The Bertz CT molecular complexity index is 443. The van der Waals surface area contributed by atoms with Gasteiger partial charge in [0.15, 0.2) is 17.3 Å². The summed E-state index contributed by atoms with van der Waals surface area (Å²) >= 11 is 0. The van der Waals surface area contributed by atoms with Gasteiger partial charge in [-0.05, 0) is 19.2 Å². The largest absolute Gasteiger partial charge is 0.504 e. The number of carbonyl (C=O) groups is 1. The van der Waals surface area contributed by atoms with Gasteiger partial charge in [-0.25, -0.2) is 0 Å². The number of likely N-dealkylation sites (N-methyl/N-ethyl adjacent to an activating group) is 1. The molecule has 0 fully saturated rings. The van der Waals surface area contributed by atoms with E-state index in [1.165, 1.54) is 7.05 Å². The number of halogens is 3. The van der Waals surface area contributed by atoms with Crippen molar-refractivity contribution in [3.63, 3.8) is 0 Å². The van der Waals surface area contributed by atoms with Gasteiger partial charge in [-0.15, -0.1) is 0 Å². The maximum Gasteiger partial charge on any atom is 0.420 e. The quantitative estimate of drug-likeness (QED) is 0.561. The predicted octanol–water partition coefficient (Wildman–Crippen LogP) is 1.52. The highest BCUT2D eigenvalue weighted by Crippen LogP contribution is 2.42. The predicted molar refractivity (Wildman–Crippen MR) is 53.0 cm³/mol. The molecule has 0 aliphatic heterocycles. The number of ketones is 1. The molecule has 1 aromatic rings. The summed E-state index contributed by atoms with van der Waals surface area (Å²) in [5.74, 6) is -3.08. The Balaban J connectivity index is 3.41. The van der Waals surface area contributed by atoms with Crippen LogP contribution >= 0.6 is 0 Å². The number of alkyl halides is 3. The summed E-state index contributed by atoms with van der Waals surface area (Å²) in [5.41, 5.74) is -2.19. The van der Waals surface area contributed by atoms with Gasteiger partial charge in [0.05, 0.1) is 6.54 Å². The summed E-state index contributed by atoms with van der Waals surface area (Å²) < 4.78 is 37.9. The summed E-state index contributed by atoms with van der Waals surface area (Å²) in [4.78, 5) is 11.4. The topological polar surface area (TPSA) is 69.6 Å². The molecule has 0 aliphatic carbocycles. The second-order valence-electron chi connectivity index (χ2n) is 3.31. The van der Waals surface area contributed by atoms with Gasteiger partial charge in [0.2, 0.25) is 0 Å². The number of phenolic OH excluding ortho intramolecular Hbond substituents is 2. The molecular formula is C10H10F3NO3. The average molecular weight is 249 g/mol. The normalized spacial score (nSPS) is 11.5. The molecule has 0 spiro atoms. The number of phenols is 2. The molecule has 0 saturated heterocycles. The van der Waals surface area contributed by atoms with Gasteiger partial charge < -0.3 is 15.5 Å². The maximum absolute atomic E-state index is 12.6. The Labute approximate surface area is 94.7 Å². The first-order valence-corrected chi connectivity index (χ1v) is 4.59. The van der Waals surface area contributed by atoms with Crippen molar-refractivity contribution in [2.24, 2.45) is 0 Å². The van der Waals surface area contributed by atoms with Crippen molar-refractivity contribution < 1.29 is 28.2 Å². The maximum atomic E-state index is 12.6. The molecule has 0 radical (unpaired) electrons. The summed E-state index contributed by atoms with van der Waals surface area (Å²) in [6.45, 7) is -0.298. The first kappa shape index (κ1) is 13.3. The summed E-state index contributed by atoms with van der Waals surface area (Å²) in [7, 11) is 1.41. The number of Topliss-reactive ketones (excluding diaryl/α,β-unsaturated/α-hetero) is 1. The van der Waals surface area contributed by atoms with E-state index < -0.39 is 34.6 Å². The molecule has 0 amide bonds. The number of aromatic hydroxyl groups is 2. The monoisotopic (exact) mass is 249 g/mol. The first-order valence-electron chi connectivity index (χ1n) is 4.59. The molecule has 0 aliphatic rings. The van der Waals surface area contributed by atoms with E-state index in [0.717, 1.165) is 12.1 Å². The molecule has 0 heterocycles. The molecule has 0 atom stereocenters. The molecular weight excluding hydrogens is 239 g/mol. The molecule has 1 rings (SSSR count). The van der Waals surface area contributed by atoms with Gasteiger partial charge in [0.1, 0.15) is 5.56 Å². The molecule has 0 bridgehead atoms. The van der Waals surface area contributed by atoms with E-state index in [1.54, 1.807) is 0 Å². The molecule has 4 nitrogen and oxygen atoms in total. The van der Waals surface area contributed by atoms with Crippen LogP contribution in [0.2, 0.25) is 0 Å². The number of nitrogens with one attached hydrogen (secondary N) is 1. The van der Waals surface area contributed by atoms with E-state index in [9.17, 15) is 23.1 Å². The zero-order chi connectivity index (χ0) is 13.2. The van der Waals surface area contributed by atoms with E-state index in [2.05, 4.69) is 5.32 Å². The van der Waals surface area contributed by atoms with Crippen molar-refractivity contribution in [1.29, 1.82) is 0 Å². The van der Waals surface area contributed by atoms with Crippen molar-refractivity contribution in [3.8, 4) is 11.5 Å². The highest BCUT2D eigenvalue weighted by molar-refractivity contribution is 6.00. The van der Waals surface area contributed by atoms with Gasteiger partial charge in [-0.2, -0.15) is 13.2 Å². The lowest BCUT2D eigenvalue weighted by molar-refractivity contribution is -0.139. The van der Waals surface area contributed by atoms with Crippen molar-refractivity contribution in [1.82, 2.24) is 5.32 Å². The van der Waals surface area contributed by atoms with Crippen LogP contribution in [-0.2, 0) is 6.18 Å². The molecule has 94 valence electrons. The van der Waals surface area contributed by atoms with Crippen LogP contribution < -0.4 is 5.32 Å². The van der Waals surface area contributed by atoms with Crippen molar-refractivity contribution in [2.75, 3.05) is 13.6 Å². The van der Waals surface area contributed by atoms with Crippen LogP contribution in [0.5, 0.6) is 11.5 Å². The Morgan fingerprint density at radius 3 is 2.41 bits per heavy atom. The molecule has 0 unspecified atom stereocenters. The molecule has 17 heavy (non-hydrogen) atoms. The van der Waals surface area contributed by atoms with Crippen LogP contribution in [0, 0.1) is 0 Å². The second-order valence-corrected chi connectivity index (χ2v) is 3.31. The average Bonchev–Trinajstić information content (AvgIpc) is 2.20. The number of hydrogen-bond acceptors (Lipinski definition) is 4. The lowest BCUT2D eigenvalue weighted by Gasteiger charge is -2.14. The fourth-order valence-electron chi connectivity index (χ4n) is 1.36. The first-order chi connectivity index (χ1) is 7.79. The summed E-state index contributed by atoms with van der Waals surface area (Å²) in [5, 5.41) is 20.6. The molecule has 3 N–H and O–H groups in total. The summed E-state index contributed by atoms with van der Waals surface area (Å²) in [6, 6.07) is 1.67. The highest BCUT2D eigenvalue weighted by Gasteiger charge is 2.39. The Kier molecular flexibility index (Phi) is 3.62. The van der Waals surface area contributed by atoms with Crippen molar-refractivity contribution in [3.05, 3.63) is 23.3 Å².